The van der Waals surface area contributed by atoms with Crippen LogP contribution in [0.25, 0.3) is 22.1 Å². The lowest BCUT2D eigenvalue weighted by Crippen LogP contribution is -2.16. The van der Waals surface area contributed by atoms with E-state index in [4.69, 9.17) is 13.9 Å². The zero-order valence-electron chi connectivity index (χ0n) is 16.7. The van der Waals surface area contributed by atoms with Crippen molar-refractivity contribution in [3.8, 4) is 22.6 Å². The quantitative estimate of drug-likeness (QED) is 0.299. The number of alkyl halides is 3. The van der Waals surface area contributed by atoms with Crippen LogP contribution < -0.4 is 14.9 Å². The minimum Gasteiger partial charge on any atom is -0.497 e. The third-order valence-electron chi connectivity index (χ3n) is 4.82. The van der Waals surface area contributed by atoms with Gasteiger partial charge in [-0.25, -0.2) is 0 Å². The molecule has 3 aromatic carbocycles. The van der Waals surface area contributed by atoms with Crippen LogP contribution in [0.15, 0.2) is 80.4 Å². The Morgan fingerprint density at radius 2 is 1.59 bits per heavy atom. The summed E-state index contributed by atoms with van der Waals surface area (Å²) >= 11 is 3.24. The third kappa shape index (κ3) is 4.50. The molecule has 1 heterocycles. The molecule has 0 radical (unpaired) electrons. The molecule has 0 N–H and O–H groups in total. The first-order valence-corrected chi connectivity index (χ1v) is 10.3. The molecule has 8 heteroatoms. The maximum atomic E-state index is 13.8. The van der Waals surface area contributed by atoms with E-state index in [1.165, 1.54) is 30.3 Å². The van der Waals surface area contributed by atoms with Crippen LogP contribution >= 0.6 is 15.9 Å². The van der Waals surface area contributed by atoms with Crippen LogP contribution in [0.2, 0.25) is 0 Å². The van der Waals surface area contributed by atoms with Crippen molar-refractivity contribution in [2.75, 3.05) is 7.11 Å². The van der Waals surface area contributed by atoms with Crippen molar-refractivity contribution in [1.29, 1.82) is 0 Å². The Labute approximate surface area is 189 Å². The number of methoxy groups -OCH3 is 1. The second-order valence-electron chi connectivity index (χ2n) is 6.93. The normalized spacial score (nSPS) is 11.5. The fourth-order valence-corrected chi connectivity index (χ4v) is 3.49. The van der Waals surface area contributed by atoms with Crippen molar-refractivity contribution in [3.63, 3.8) is 0 Å². The molecular formula is C24H16BrF3O4. The van der Waals surface area contributed by atoms with E-state index in [1.807, 2.05) is 12.1 Å². The van der Waals surface area contributed by atoms with Crippen molar-refractivity contribution in [2.45, 2.75) is 12.8 Å². The van der Waals surface area contributed by atoms with Crippen molar-refractivity contribution < 1.29 is 27.1 Å². The predicted molar refractivity (Wildman–Crippen MR) is 118 cm³/mol. The van der Waals surface area contributed by atoms with Crippen LogP contribution in [0, 0.1) is 0 Å². The van der Waals surface area contributed by atoms with Gasteiger partial charge in [0.15, 0.2) is 0 Å². The molecule has 0 atom stereocenters. The largest absolute Gasteiger partial charge is 0.497 e. The smallest absolute Gasteiger partial charge is 0.450 e. The molecule has 0 aliphatic rings. The zero-order chi connectivity index (χ0) is 22.9. The summed E-state index contributed by atoms with van der Waals surface area (Å²) in [5.41, 5.74) is -0.521. The number of rotatable bonds is 5. The molecule has 1 aromatic heterocycles. The number of hydrogen-bond donors (Lipinski definition) is 0. The maximum absolute atomic E-state index is 13.8. The molecule has 0 aliphatic carbocycles. The SMILES string of the molecule is COc1ccc(COc2ccc3c(=O)c(-c4ccc(Br)cc4)c(C(F)(F)F)oc3c2)cc1. The van der Waals surface area contributed by atoms with Gasteiger partial charge in [0.25, 0.3) is 0 Å². The molecule has 0 amide bonds. The predicted octanol–water partition coefficient (Wildman–Crippen LogP) is 6.83. The van der Waals surface area contributed by atoms with E-state index in [0.717, 1.165) is 5.56 Å². The summed E-state index contributed by atoms with van der Waals surface area (Å²) in [6, 6.07) is 17.4. The number of benzene rings is 3. The van der Waals surface area contributed by atoms with Gasteiger partial charge in [-0.15, -0.1) is 0 Å². The topological polar surface area (TPSA) is 48.7 Å². The molecule has 0 bridgehead atoms. The molecule has 0 unspecified atom stereocenters. The molecule has 4 rings (SSSR count). The Hall–Kier alpha value is -3.26. The zero-order valence-corrected chi connectivity index (χ0v) is 18.3. The molecule has 4 nitrogen and oxygen atoms in total. The standard InChI is InChI=1S/C24H16BrF3O4/c1-30-17-8-2-14(3-9-17)13-31-18-10-11-19-20(12-18)32-23(24(26,27)28)21(22(19)29)15-4-6-16(25)7-5-15/h2-12H,13H2,1H3. The summed E-state index contributed by atoms with van der Waals surface area (Å²) in [4.78, 5) is 13.0. The van der Waals surface area contributed by atoms with Gasteiger partial charge >= 0.3 is 6.18 Å². The van der Waals surface area contributed by atoms with Gasteiger partial charge in [-0.05, 0) is 47.5 Å². The Morgan fingerprint density at radius 3 is 2.22 bits per heavy atom. The molecule has 0 aliphatic heterocycles. The summed E-state index contributed by atoms with van der Waals surface area (Å²) < 4.78 is 58.0. The van der Waals surface area contributed by atoms with E-state index in [1.54, 1.807) is 31.4 Å². The van der Waals surface area contributed by atoms with E-state index in [9.17, 15) is 18.0 Å². The molecule has 0 fully saturated rings. The first-order chi connectivity index (χ1) is 15.3. The molecule has 164 valence electrons. The third-order valence-corrected chi connectivity index (χ3v) is 5.35. The van der Waals surface area contributed by atoms with Gasteiger partial charge in [-0.1, -0.05) is 40.2 Å². The van der Waals surface area contributed by atoms with E-state index in [2.05, 4.69) is 15.9 Å². The fourth-order valence-electron chi connectivity index (χ4n) is 3.23. The van der Waals surface area contributed by atoms with Crippen LogP contribution in [-0.2, 0) is 12.8 Å². The second kappa shape index (κ2) is 8.70. The van der Waals surface area contributed by atoms with Gasteiger partial charge in [-0.3, -0.25) is 4.79 Å². The van der Waals surface area contributed by atoms with Crippen LogP contribution in [0.3, 0.4) is 0 Å². The lowest BCUT2D eigenvalue weighted by Gasteiger charge is -2.13. The Bertz CT molecular complexity index is 1310. The van der Waals surface area contributed by atoms with Gasteiger partial charge in [0.1, 0.15) is 23.7 Å². The lowest BCUT2D eigenvalue weighted by atomic mass is 10.0. The second-order valence-corrected chi connectivity index (χ2v) is 7.85. The van der Waals surface area contributed by atoms with Crippen molar-refractivity contribution in [1.82, 2.24) is 0 Å². The van der Waals surface area contributed by atoms with Crippen LogP contribution in [0.1, 0.15) is 11.3 Å². The summed E-state index contributed by atoms with van der Waals surface area (Å²) in [6.07, 6.45) is -4.85. The fraction of sp³-hybridized carbons (Fsp3) is 0.125. The Morgan fingerprint density at radius 1 is 0.938 bits per heavy atom. The van der Waals surface area contributed by atoms with E-state index >= 15 is 0 Å². The highest BCUT2D eigenvalue weighted by Crippen LogP contribution is 2.38. The average molecular weight is 505 g/mol. The highest BCUT2D eigenvalue weighted by molar-refractivity contribution is 9.10. The highest BCUT2D eigenvalue weighted by atomic mass is 79.9. The first kappa shape index (κ1) is 22.0. The lowest BCUT2D eigenvalue weighted by molar-refractivity contribution is -0.152. The van der Waals surface area contributed by atoms with Crippen molar-refractivity contribution in [3.05, 3.63) is 92.7 Å². The van der Waals surface area contributed by atoms with Gasteiger partial charge in [0, 0.05) is 10.5 Å². The molecular weight excluding hydrogens is 489 g/mol. The van der Waals surface area contributed by atoms with E-state index < -0.39 is 22.9 Å². The minimum atomic E-state index is -4.85. The number of ether oxygens (including phenoxy) is 2. The number of halogens is 4. The monoisotopic (exact) mass is 504 g/mol. The van der Waals surface area contributed by atoms with Gasteiger partial charge in [-0.2, -0.15) is 13.2 Å². The Kier molecular flexibility index (Phi) is 5.97. The van der Waals surface area contributed by atoms with Crippen molar-refractivity contribution >= 4 is 26.9 Å². The molecule has 4 aromatic rings. The summed E-state index contributed by atoms with van der Waals surface area (Å²) in [5, 5.41) is 0.0349. The van der Waals surface area contributed by atoms with Crippen LogP contribution in [0.5, 0.6) is 11.5 Å². The van der Waals surface area contributed by atoms with Crippen molar-refractivity contribution in [2.24, 2.45) is 0 Å². The molecule has 32 heavy (non-hydrogen) atoms. The Balaban J connectivity index is 1.74. The van der Waals surface area contributed by atoms with Gasteiger partial charge < -0.3 is 13.9 Å². The molecule has 0 saturated heterocycles. The first-order valence-electron chi connectivity index (χ1n) is 9.46. The average Bonchev–Trinajstić information content (AvgIpc) is 2.78. The molecule has 0 saturated carbocycles. The maximum Gasteiger partial charge on any atom is 0.450 e. The minimum absolute atomic E-state index is 0.0349. The summed E-state index contributed by atoms with van der Waals surface area (Å²) in [5.74, 6) is -0.368. The summed E-state index contributed by atoms with van der Waals surface area (Å²) in [7, 11) is 1.56. The van der Waals surface area contributed by atoms with Gasteiger partial charge in [0.2, 0.25) is 11.2 Å². The van der Waals surface area contributed by atoms with E-state index in [-0.39, 0.29) is 28.9 Å². The molecule has 0 spiro atoms. The van der Waals surface area contributed by atoms with Crippen LogP contribution in [-0.4, -0.2) is 7.11 Å². The highest BCUT2D eigenvalue weighted by Gasteiger charge is 2.39. The number of fused-ring (bicyclic) bond motifs is 1. The van der Waals surface area contributed by atoms with E-state index in [0.29, 0.717) is 10.2 Å². The van der Waals surface area contributed by atoms with Gasteiger partial charge in [0.05, 0.1) is 18.1 Å². The van der Waals surface area contributed by atoms with Crippen LogP contribution in [0.4, 0.5) is 13.2 Å². The number of hydrogen-bond acceptors (Lipinski definition) is 4. The summed E-state index contributed by atoms with van der Waals surface area (Å²) in [6.45, 7) is 0.183.